The Kier molecular flexibility index (Phi) is 6.93. The molecular formula is C25H22FN3O4S. The maximum atomic E-state index is 13.1. The summed E-state index contributed by atoms with van der Waals surface area (Å²) in [5.41, 5.74) is 1.73. The topological polar surface area (TPSA) is 83.8 Å². The maximum Gasteiger partial charge on any atom is 0.284 e. The van der Waals surface area contributed by atoms with E-state index < -0.39 is 4.92 Å². The zero-order valence-electron chi connectivity index (χ0n) is 18.4. The van der Waals surface area contributed by atoms with E-state index in [1.807, 2.05) is 12.1 Å². The van der Waals surface area contributed by atoms with E-state index in [-0.39, 0.29) is 28.8 Å². The number of benzene rings is 3. The molecule has 0 aromatic heterocycles. The summed E-state index contributed by atoms with van der Waals surface area (Å²) in [6, 6.07) is 17.5. The number of rotatable bonds is 6. The van der Waals surface area contributed by atoms with Crippen LogP contribution in [0.15, 0.2) is 76.5 Å². The van der Waals surface area contributed by atoms with Gasteiger partial charge in [-0.1, -0.05) is 11.8 Å². The van der Waals surface area contributed by atoms with Crippen molar-refractivity contribution in [1.29, 1.82) is 0 Å². The Morgan fingerprint density at radius 2 is 1.53 bits per heavy atom. The predicted molar refractivity (Wildman–Crippen MR) is 128 cm³/mol. The van der Waals surface area contributed by atoms with E-state index in [4.69, 9.17) is 0 Å². The lowest BCUT2D eigenvalue weighted by Crippen LogP contribution is -2.48. The van der Waals surface area contributed by atoms with Crippen LogP contribution in [-0.4, -0.2) is 47.7 Å². The maximum absolute atomic E-state index is 13.1. The number of amides is 1. The highest BCUT2D eigenvalue weighted by atomic mass is 32.2. The fourth-order valence-corrected chi connectivity index (χ4v) is 4.67. The average Bonchev–Trinajstić information content (AvgIpc) is 2.85. The molecule has 1 amide bonds. The largest absolute Gasteiger partial charge is 0.368 e. The molecule has 0 saturated carbocycles. The van der Waals surface area contributed by atoms with Gasteiger partial charge >= 0.3 is 0 Å². The summed E-state index contributed by atoms with van der Waals surface area (Å²) >= 11 is 1.15. The Balaban J connectivity index is 1.44. The van der Waals surface area contributed by atoms with Crippen molar-refractivity contribution >= 4 is 34.8 Å². The number of carbonyl (C=O) groups is 2. The third kappa shape index (κ3) is 5.26. The highest BCUT2D eigenvalue weighted by Crippen LogP contribution is 2.35. The fraction of sp³-hybridized carbons (Fsp3) is 0.200. The van der Waals surface area contributed by atoms with Crippen molar-refractivity contribution in [2.24, 2.45) is 0 Å². The number of nitrogens with zero attached hydrogens (tertiary/aromatic N) is 3. The number of nitro groups is 1. The minimum absolute atomic E-state index is 0.0122. The second-order valence-corrected chi connectivity index (χ2v) is 8.99. The molecule has 0 N–H and O–H groups in total. The lowest BCUT2D eigenvalue weighted by molar-refractivity contribution is -0.387. The molecule has 3 aromatic carbocycles. The molecule has 174 valence electrons. The van der Waals surface area contributed by atoms with Crippen molar-refractivity contribution in [1.82, 2.24) is 4.90 Å². The number of ketones is 1. The Morgan fingerprint density at radius 3 is 2.12 bits per heavy atom. The zero-order chi connectivity index (χ0) is 24.2. The molecule has 4 rings (SSSR count). The van der Waals surface area contributed by atoms with Gasteiger partial charge in [0.25, 0.3) is 11.6 Å². The van der Waals surface area contributed by atoms with E-state index in [2.05, 4.69) is 4.90 Å². The SMILES string of the molecule is CC(=O)c1ccc(N2CCN(C(=O)c3ccc(Sc4ccc(F)cc4)c([N+](=O)[O-])c3)CC2)cc1. The first-order valence-electron chi connectivity index (χ1n) is 10.7. The first-order chi connectivity index (χ1) is 16.3. The number of hydrogen-bond donors (Lipinski definition) is 0. The smallest absolute Gasteiger partial charge is 0.284 e. The summed E-state index contributed by atoms with van der Waals surface area (Å²) in [5, 5.41) is 11.7. The number of hydrogen-bond acceptors (Lipinski definition) is 6. The number of anilines is 1. The van der Waals surface area contributed by atoms with Crippen LogP contribution in [0.3, 0.4) is 0 Å². The van der Waals surface area contributed by atoms with Crippen molar-refractivity contribution < 1.29 is 18.9 Å². The van der Waals surface area contributed by atoms with Crippen LogP contribution in [-0.2, 0) is 0 Å². The Hall–Kier alpha value is -3.72. The number of piperazine rings is 1. The van der Waals surface area contributed by atoms with E-state index in [0.717, 1.165) is 17.4 Å². The van der Waals surface area contributed by atoms with Gasteiger partial charge in [0.15, 0.2) is 5.78 Å². The van der Waals surface area contributed by atoms with Crippen molar-refractivity contribution in [3.8, 4) is 0 Å². The fourth-order valence-electron chi connectivity index (χ4n) is 3.77. The van der Waals surface area contributed by atoms with E-state index in [1.165, 1.54) is 25.1 Å². The zero-order valence-corrected chi connectivity index (χ0v) is 19.3. The molecule has 0 bridgehead atoms. The molecule has 7 nitrogen and oxygen atoms in total. The van der Waals surface area contributed by atoms with Crippen LogP contribution >= 0.6 is 11.8 Å². The number of nitro benzene ring substituents is 1. The molecule has 0 unspecified atom stereocenters. The highest BCUT2D eigenvalue weighted by Gasteiger charge is 2.25. The van der Waals surface area contributed by atoms with E-state index in [9.17, 15) is 24.1 Å². The van der Waals surface area contributed by atoms with Gasteiger partial charge < -0.3 is 9.80 Å². The van der Waals surface area contributed by atoms with Crippen molar-refractivity contribution in [2.45, 2.75) is 16.7 Å². The minimum atomic E-state index is -0.509. The summed E-state index contributed by atoms with van der Waals surface area (Å²) < 4.78 is 13.1. The van der Waals surface area contributed by atoms with Crippen LogP contribution in [0.25, 0.3) is 0 Å². The number of Topliss-reactive ketones (excluding diaryl/α,β-unsaturated/α-hetero) is 1. The van der Waals surface area contributed by atoms with Crippen molar-refractivity contribution in [3.63, 3.8) is 0 Å². The molecule has 1 saturated heterocycles. The summed E-state index contributed by atoms with van der Waals surface area (Å²) in [7, 11) is 0. The summed E-state index contributed by atoms with van der Waals surface area (Å²) in [5.74, 6) is -0.626. The van der Waals surface area contributed by atoms with Gasteiger partial charge in [-0.3, -0.25) is 19.7 Å². The average molecular weight is 480 g/mol. The Morgan fingerprint density at radius 1 is 0.912 bits per heavy atom. The lowest BCUT2D eigenvalue weighted by Gasteiger charge is -2.36. The second-order valence-electron chi connectivity index (χ2n) is 7.88. The Bertz CT molecular complexity index is 1220. The van der Waals surface area contributed by atoms with E-state index >= 15 is 0 Å². The molecule has 1 fully saturated rings. The Labute approximate surface area is 200 Å². The summed E-state index contributed by atoms with van der Waals surface area (Å²) in [6.45, 7) is 3.72. The highest BCUT2D eigenvalue weighted by molar-refractivity contribution is 7.99. The first-order valence-corrected chi connectivity index (χ1v) is 11.5. The molecule has 0 atom stereocenters. The van der Waals surface area contributed by atoms with Gasteiger partial charge in [0, 0.05) is 54.0 Å². The van der Waals surface area contributed by atoms with Gasteiger partial charge in [-0.15, -0.1) is 0 Å². The molecule has 1 heterocycles. The van der Waals surface area contributed by atoms with Crippen LogP contribution in [0, 0.1) is 15.9 Å². The first kappa shape index (κ1) is 23.4. The van der Waals surface area contributed by atoms with Gasteiger partial charge in [-0.2, -0.15) is 0 Å². The summed E-state index contributed by atoms with van der Waals surface area (Å²) in [6.07, 6.45) is 0. The molecule has 34 heavy (non-hydrogen) atoms. The quantitative estimate of drug-likeness (QED) is 0.280. The molecule has 0 radical (unpaired) electrons. The van der Waals surface area contributed by atoms with E-state index in [1.54, 1.807) is 41.3 Å². The third-order valence-electron chi connectivity index (χ3n) is 5.65. The molecule has 1 aliphatic heterocycles. The molecule has 3 aromatic rings. The van der Waals surface area contributed by atoms with Gasteiger partial charge in [0.2, 0.25) is 0 Å². The lowest BCUT2D eigenvalue weighted by atomic mass is 10.1. The van der Waals surface area contributed by atoms with Crippen molar-refractivity contribution in [2.75, 3.05) is 31.1 Å². The number of halogens is 1. The van der Waals surface area contributed by atoms with Crippen LogP contribution in [0.4, 0.5) is 15.8 Å². The predicted octanol–water partition coefficient (Wildman–Crippen LogP) is 5.05. The second kappa shape index (κ2) is 10.0. The van der Waals surface area contributed by atoms with Crippen LogP contribution < -0.4 is 4.90 Å². The van der Waals surface area contributed by atoms with Gasteiger partial charge in [-0.25, -0.2) is 4.39 Å². The monoisotopic (exact) mass is 479 g/mol. The summed E-state index contributed by atoms with van der Waals surface area (Å²) in [4.78, 5) is 40.5. The standard InChI is InChI=1S/C25H22FN3O4S/c1-17(30)18-2-7-21(8-3-18)27-12-14-28(15-13-27)25(31)19-4-11-24(23(16-19)29(32)33)34-22-9-5-20(26)6-10-22/h2-11,16H,12-15H2,1H3. The van der Waals surface area contributed by atoms with E-state index in [0.29, 0.717) is 41.5 Å². The normalized spacial score (nSPS) is 13.6. The molecule has 0 aliphatic carbocycles. The van der Waals surface area contributed by atoms with Crippen LogP contribution in [0.5, 0.6) is 0 Å². The van der Waals surface area contributed by atoms with Crippen molar-refractivity contribution in [3.05, 3.63) is 93.8 Å². The molecule has 9 heteroatoms. The third-order valence-corrected chi connectivity index (χ3v) is 6.72. The van der Waals surface area contributed by atoms with Gasteiger partial charge in [0.1, 0.15) is 5.82 Å². The molecular weight excluding hydrogens is 457 g/mol. The van der Waals surface area contributed by atoms with Gasteiger partial charge in [0.05, 0.1) is 9.82 Å². The molecule has 0 spiro atoms. The molecule has 1 aliphatic rings. The van der Waals surface area contributed by atoms with Crippen LogP contribution in [0.1, 0.15) is 27.6 Å². The van der Waals surface area contributed by atoms with Crippen LogP contribution in [0.2, 0.25) is 0 Å². The minimum Gasteiger partial charge on any atom is -0.368 e. The number of carbonyl (C=O) groups excluding carboxylic acids is 2. The van der Waals surface area contributed by atoms with Gasteiger partial charge in [-0.05, 0) is 67.6 Å².